The summed E-state index contributed by atoms with van der Waals surface area (Å²) in [6.45, 7) is 5.14. The average molecular weight is 328 g/mol. The van der Waals surface area contributed by atoms with Crippen molar-refractivity contribution in [1.82, 2.24) is 4.90 Å². The Labute approximate surface area is 136 Å². The van der Waals surface area contributed by atoms with Crippen LogP contribution in [0.15, 0.2) is 24.3 Å². The van der Waals surface area contributed by atoms with Crippen molar-refractivity contribution in [3.8, 4) is 0 Å². The molecule has 2 heterocycles. The average Bonchev–Trinajstić information content (AvgIpc) is 3.04. The van der Waals surface area contributed by atoms with Crippen LogP contribution in [0.25, 0.3) is 0 Å². The number of carbonyl (C=O) groups is 1. The molecule has 2 atom stereocenters. The molecule has 3 rings (SSSR count). The fraction of sp³-hybridized carbons (Fsp3) is 0.562. The van der Waals surface area contributed by atoms with Gasteiger partial charge in [-0.25, -0.2) is 4.39 Å². The number of amides is 1. The number of anilines is 1. The maximum atomic E-state index is 13.9. The molecule has 1 amide bonds. The molecule has 0 aliphatic carbocycles. The fourth-order valence-corrected chi connectivity index (χ4v) is 3.41. The van der Waals surface area contributed by atoms with Crippen molar-refractivity contribution in [2.45, 2.75) is 25.8 Å². The van der Waals surface area contributed by atoms with Crippen LogP contribution < -0.4 is 10.6 Å². The second-order valence-electron chi connectivity index (χ2n) is 6.48. The minimum Gasteiger partial charge on any atom is -0.330 e. The Morgan fingerprint density at radius 3 is 2.73 bits per heavy atom. The number of hydrogen-bond donors (Lipinski definition) is 1. The monoisotopic (exact) mass is 327 g/mol. The lowest BCUT2D eigenvalue weighted by Gasteiger charge is -2.26. The van der Waals surface area contributed by atoms with Gasteiger partial charge in [0.25, 0.3) is 0 Å². The number of likely N-dealkylation sites (tertiary alicyclic amines) is 1. The predicted octanol–water partition coefficient (Wildman–Crippen LogP) is 2.02. The zero-order valence-corrected chi connectivity index (χ0v) is 13.6. The minimum absolute atomic E-state index is 0. The molecule has 0 bridgehead atoms. The lowest BCUT2D eigenvalue weighted by Crippen LogP contribution is -2.42. The van der Waals surface area contributed by atoms with Crippen LogP contribution in [-0.2, 0) is 4.79 Å². The van der Waals surface area contributed by atoms with Crippen molar-refractivity contribution in [1.29, 1.82) is 0 Å². The van der Waals surface area contributed by atoms with Gasteiger partial charge in [-0.2, -0.15) is 0 Å². The van der Waals surface area contributed by atoms with E-state index in [-0.39, 0.29) is 35.6 Å². The van der Waals surface area contributed by atoms with Crippen molar-refractivity contribution in [2.24, 2.45) is 11.1 Å². The Bertz CT molecular complexity index is 556. The number of halogens is 2. The van der Waals surface area contributed by atoms with Crippen LogP contribution in [0.5, 0.6) is 0 Å². The van der Waals surface area contributed by atoms with E-state index in [0.29, 0.717) is 18.8 Å². The molecule has 0 aromatic heterocycles. The highest BCUT2D eigenvalue weighted by molar-refractivity contribution is 5.99. The molecule has 122 valence electrons. The molecule has 0 spiro atoms. The highest BCUT2D eigenvalue weighted by Gasteiger charge is 2.43. The van der Waals surface area contributed by atoms with E-state index >= 15 is 0 Å². The molecule has 1 aromatic rings. The highest BCUT2D eigenvalue weighted by Crippen LogP contribution is 2.34. The third-order valence-corrected chi connectivity index (χ3v) is 4.84. The number of para-hydroxylation sites is 1. The molecule has 2 saturated heterocycles. The van der Waals surface area contributed by atoms with Crippen LogP contribution in [0, 0.1) is 11.2 Å². The molecule has 1 aromatic carbocycles. The summed E-state index contributed by atoms with van der Waals surface area (Å²) in [7, 11) is 0. The van der Waals surface area contributed by atoms with E-state index in [9.17, 15) is 9.18 Å². The van der Waals surface area contributed by atoms with Crippen LogP contribution in [0.2, 0.25) is 0 Å². The topological polar surface area (TPSA) is 49.6 Å². The Kier molecular flexibility index (Phi) is 5.10. The second-order valence-corrected chi connectivity index (χ2v) is 6.48. The van der Waals surface area contributed by atoms with Gasteiger partial charge in [-0.05, 0) is 43.5 Å². The number of nitrogens with two attached hydrogens (primary N) is 1. The Balaban J connectivity index is 0.00000176. The summed E-state index contributed by atoms with van der Waals surface area (Å²) in [6.07, 6.45) is 1.78. The molecule has 2 unspecified atom stereocenters. The molecular formula is C16H23ClFN3O. The number of benzene rings is 1. The number of rotatable bonds is 3. The molecule has 6 heteroatoms. The predicted molar refractivity (Wildman–Crippen MR) is 87.8 cm³/mol. The molecule has 22 heavy (non-hydrogen) atoms. The van der Waals surface area contributed by atoms with Crippen molar-refractivity contribution in [3.63, 3.8) is 0 Å². The third-order valence-electron chi connectivity index (χ3n) is 4.84. The third kappa shape index (κ3) is 2.98. The van der Waals surface area contributed by atoms with Crippen LogP contribution in [0.3, 0.4) is 0 Å². The summed E-state index contributed by atoms with van der Waals surface area (Å²) in [4.78, 5) is 16.4. The van der Waals surface area contributed by atoms with Gasteiger partial charge in [0, 0.05) is 13.1 Å². The maximum absolute atomic E-state index is 13.9. The Morgan fingerprint density at radius 1 is 1.36 bits per heavy atom. The highest BCUT2D eigenvalue weighted by atomic mass is 35.5. The lowest BCUT2D eigenvalue weighted by atomic mass is 9.90. The summed E-state index contributed by atoms with van der Waals surface area (Å²) in [6, 6.07) is 6.35. The van der Waals surface area contributed by atoms with E-state index in [4.69, 9.17) is 5.73 Å². The SMILES string of the molecule is CC1(CN)CCN(C2CCN(c3ccccc3F)C2=O)C1.Cl. The standard InChI is InChI=1S/C16H22FN3O.ClH/c1-16(10-18)7-9-19(11-16)14-6-8-20(15(14)21)13-5-3-2-4-12(13)17;/h2-5,14H,6-11,18H2,1H3;1H. The number of hydrogen-bond acceptors (Lipinski definition) is 3. The van der Waals surface area contributed by atoms with Crippen molar-refractivity contribution in [2.75, 3.05) is 31.1 Å². The van der Waals surface area contributed by atoms with Crippen LogP contribution in [0.4, 0.5) is 10.1 Å². The summed E-state index contributed by atoms with van der Waals surface area (Å²) < 4.78 is 13.9. The first kappa shape index (κ1) is 17.2. The number of carbonyl (C=O) groups excluding carboxylic acids is 1. The Morgan fingerprint density at radius 2 is 2.09 bits per heavy atom. The zero-order chi connectivity index (χ0) is 15.0. The molecule has 0 saturated carbocycles. The van der Waals surface area contributed by atoms with Gasteiger partial charge >= 0.3 is 0 Å². The molecule has 2 aliphatic heterocycles. The van der Waals surface area contributed by atoms with Gasteiger partial charge < -0.3 is 10.6 Å². The van der Waals surface area contributed by atoms with E-state index in [1.807, 2.05) is 0 Å². The first-order valence-corrected chi connectivity index (χ1v) is 7.54. The van der Waals surface area contributed by atoms with Crippen LogP contribution in [-0.4, -0.2) is 43.0 Å². The zero-order valence-electron chi connectivity index (χ0n) is 12.8. The van der Waals surface area contributed by atoms with E-state index in [1.54, 1.807) is 23.1 Å². The molecule has 2 fully saturated rings. The normalized spacial score (nSPS) is 29.0. The first-order chi connectivity index (χ1) is 10.0. The largest absolute Gasteiger partial charge is 0.330 e. The van der Waals surface area contributed by atoms with Crippen LogP contribution >= 0.6 is 12.4 Å². The van der Waals surface area contributed by atoms with E-state index in [2.05, 4.69) is 11.8 Å². The summed E-state index contributed by atoms with van der Waals surface area (Å²) >= 11 is 0. The molecule has 2 N–H and O–H groups in total. The van der Waals surface area contributed by atoms with Crippen molar-refractivity contribution < 1.29 is 9.18 Å². The van der Waals surface area contributed by atoms with Gasteiger partial charge in [-0.1, -0.05) is 19.1 Å². The maximum Gasteiger partial charge on any atom is 0.244 e. The van der Waals surface area contributed by atoms with Gasteiger partial charge in [0.2, 0.25) is 5.91 Å². The first-order valence-electron chi connectivity index (χ1n) is 7.54. The van der Waals surface area contributed by atoms with Crippen LogP contribution in [0.1, 0.15) is 19.8 Å². The summed E-state index contributed by atoms with van der Waals surface area (Å²) in [5.74, 6) is -0.318. The summed E-state index contributed by atoms with van der Waals surface area (Å²) in [5.41, 5.74) is 6.33. The minimum atomic E-state index is -0.334. The van der Waals surface area contributed by atoms with Gasteiger partial charge in [-0.3, -0.25) is 9.69 Å². The molecule has 4 nitrogen and oxygen atoms in total. The van der Waals surface area contributed by atoms with Gasteiger partial charge in [0.05, 0.1) is 11.7 Å². The van der Waals surface area contributed by atoms with E-state index in [1.165, 1.54) is 6.07 Å². The smallest absolute Gasteiger partial charge is 0.244 e. The Hall–Kier alpha value is -1.17. The van der Waals surface area contributed by atoms with E-state index in [0.717, 1.165) is 25.9 Å². The second kappa shape index (κ2) is 6.52. The van der Waals surface area contributed by atoms with Gasteiger partial charge in [0.15, 0.2) is 0 Å². The van der Waals surface area contributed by atoms with Crippen molar-refractivity contribution >= 4 is 24.0 Å². The summed E-state index contributed by atoms with van der Waals surface area (Å²) in [5, 5.41) is 0. The molecule has 2 aliphatic rings. The lowest BCUT2D eigenvalue weighted by molar-refractivity contribution is -0.121. The van der Waals surface area contributed by atoms with E-state index < -0.39 is 0 Å². The van der Waals surface area contributed by atoms with Gasteiger partial charge in [-0.15, -0.1) is 12.4 Å². The number of nitrogens with zero attached hydrogens (tertiary/aromatic N) is 2. The van der Waals surface area contributed by atoms with Gasteiger partial charge in [0.1, 0.15) is 5.82 Å². The molecular weight excluding hydrogens is 305 g/mol. The fourth-order valence-electron chi connectivity index (χ4n) is 3.41. The van der Waals surface area contributed by atoms with Crippen molar-refractivity contribution in [3.05, 3.63) is 30.1 Å². The quantitative estimate of drug-likeness (QED) is 0.924. The molecule has 0 radical (unpaired) electrons.